The fraction of sp³-hybridized carbons (Fsp3) is 0.0333. The summed E-state index contributed by atoms with van der Waals surface area (Å²) in [6.07, 6.45) is 1.54. The minimum absolute atomic E-state index is 0.0265. The number of hydrogen-bond donors (Lipinski definition) is 0. The Labute approximate surface area is 219 Å². The molecule has 0 atom stereocenters. The molecule has 0 aliphatic carbocycles. The molecule has 5 nitrogen and oxygen atoms in total. The van der Waals surface area contributed by atoms with Gasteiger partial charge in [-0.1, -0.05) is 66.7 Å². The number of nitrogens with zero attached hydrogens (tertiary/aromatic N) is 2. The van der Waals surface area contributed by atoms with Crippen LogP contribution in [0.15, 0.2) is 115 Å². The van der Waals surface area contributed by atoms with E-state index in [0.717, 1.165) is 0 Å². The van der Waals surface area contributed by atoms with Crippen LogP contribution in [0, 0.1) is 5.82 Å². The molecule has 1 heterocycles. The topological polar surface area (TPSA) is 49.9 Å². The molecule has 0 aromatic heterocycles. The smallest absolute Gasteiger partial charge is 0.270 e. The Morgan fingerprint density at radius 2 is 1.22 bits per heavy atom. The summed E-state index contributed by atoms with van der Waals surface area (Å²) in [4.78, 5) is 29.8. The third-order valence-electron chi connectivity index (χ3n) is 5.82. The number of halogens is 1. The van der Waals surface area contributed by atoms with Crippen molar-refractivity contribution in [1.29, 1.82) is 0 Å². The molecule has 4 aromatic rings. The van der Waals surface area contributed by atoms with Crippen LogP contribution in [-0.2, 0) is 16.2 Å². The Morgan fingerprint density at radius 1 is 0.703 bits per heavy atom. The third kappa shape index (κ3) is 5.03. The number of hydrogen-bond acceptors (Lipinski definition) is 4. The Kier molecular flexibility index (Phi) is 6.87. The van der Waals surface area contributed by atoms with Gasteiger partial charge in [-0.15, -0.1) is 0 Å². The number of para-hydroxylation sites is 2. The molecule has 0 N–H and O–H groups in total. The molecule has 0 unspecified atom stereocenters. The SMILES string of the molecule is O=C1C(=Cc2ccc(OCc3ccccc3F)cc2)C(=O)N(c2ccccc2)C(=S)N1c1ccccc1. The minimum Gasteiger partial charge on any atom is -0.489 e. The predicted molar refractivity (Wildman–Crippen MR) is 146 cm³/mol. The van der Waals surface area contributed by atoms with E-state index in [0.29, 0.717) is 28.3 Å². The first kappa shape index (κ1) is 24.1. The van der Waals surface area contributed by atoms with Gasteiger partial charge in [0.25, 0.3) is 11.8 Å². The molecule has 1 aliphatic rings. The fourth-order valence-electron chi connectivity index (χ4n) is 3.94. The summed E-state index contributed by atoms with van der Waals surface area (Å²) in [5.41, 5.74) is 2.18. The molecule has 1 saturated heterocycles. The Morgan fingerprint density at radius 3 is 1.76 bits per heavy atom. The van der Waals surface area contributed by atoms with Crippen molar-refractivity contribution in [3.05, 3.63) is 132 Å². The molecular weight excluding hydrogens is 487 g/mol. The average Bonchev–Trinajstić information content (AvgIpc) is 2.93. The molecule has 1 aliphatic heterocycles. The van der Waals surface area contributed by atoms with Gasteiger partial charge in [0.15, 0.2) is 5.11 Å². The normalized spacial score (nSPS) is 13.6. The molecular formula is C30H21FN2O3S. The second kappa shape index (κ2) is 10.6. The van der Waals surface area contributed by atoms with E-state index in [-0.39, 0.29) is 23.1 Å². The largest absolute Gasteiger partial charge is 0.489 e. The van der Waals surface area contributed by atoms with Gasteiger partial charge in [0.1, 0.15) is 23.7 Å². The summed E-state index contributed by atoms with van der Waals surface area (Å²) in [6, 6.07) is 31.3. The van der Waals surface area contributed by atoms with Crippen LogP contribution in [-0.4, -0.2) is 16.9 Å². The van der Waals surface area contributed by atoms with Gasteiger partial charge in [0.2, 0.25) is 0 Å². The molecule has 37 heavy (non-hydrogen) atoms. The number of carbonyl (C=O) groups excluding carboxylic acids is 2. The summed E-state index contributed by atoms with van der Waals surface area (Å²) in [6.45, 7) is 0.0829. The highest BCUT2D eigenvalue weighted by atomic mass is 32.1. The lowest BCUT2D eigenvalue weighted by molar-refractivity contribution is -0.120. The minimum atomic E-state index is -0.506. The van der Waals surface area contributed by atoms with Gasteiger partial charge >= 0.3 is 0 Å². The quantitative estimate of drug-likeness (QED) is 0.178. The molecule has 0 spiro atoms. The summed E-state index contributed by atoms with van der Waals surface area (Å²) in [5, 5.41) is 0.0847. The number of amides is 2. The Hall–Kier alpha value is -4.62. The number of rotatable bonds is 6. The number of benzene rings is 4. The first-order valence-corrected chi connectivity index (χ1v) is 11.9. The number of anilines is 2. The number of thiocarbonyl (C=S) groups is 1. The summed E-state index contributed by atoms with van der Waals surface area (Å²) < 4.78 is 19.6. The highest BCUT2D eigenvalue weighted by Gasteiger charge is 2.41. The van der Waals surface area contributed by atoms with Crippen LogP contribution < -0.4 is 14.5 Å². The van der Waals surface area contributed by atoms with Crippen LogP contribution in [0.1, 0.15) is 11.1 Å². The maximum absolute atomic E-state index is 13.9. The van der Waals surface area contributed by atoms with E-state index in [4.69, 9.17) is 17.0 Å². The van der Waals surface area contributed by atoms with Gasteiger partial charge in [0, 0.05) is 5.56 Å². The zero-order valence-electron chi connectivity index (χ0n) is 19.6. The molecule has 5 rings (SSSR count). The summed E-state index contributed by atoms with van der Waals surface area (Å²) >= 11 is 5.62. The van der Waals surface area contributed by atoms with Crippen LogP contribution in [0.4, 0.5) is 15.8 Å². The van der Waals surface area contributed by atoms with Crippen LogP contribution in [0.5, 0.6) is 5.75 Å². The van der Waals surface area contributed by atoms with Crippen LogP contribution in [0.25, 0.3) is 6.08 Å². The van der Waals surface area contributed by atoms with Crippen molar-refractivity contribution >= 4 is 46.6 Å². The van der Waals surface area contributed by atoms with Gasteiger partial charge < -0.3 is 4.74 Å². The maximum Gasteiger partial charge on any atom is 0.270 e. The highest BCUT2D eigenvalue weighted by Crippen LogP contribution is 2.30. The lowest BCUT2D eigenvalue weighted by atomic mass is 10.0. The Balaban J connectivity index is 1.45. The molecule has 0 radical (unpaired) electrons. The second-order valence-electron chi connectivity index (χ2n) is 8.24. The molecule has 182 valence electrons. The van der Waals surface area contributed by atoms with Gasteiger partial charge in [0.05, 0.1) is 11.4 Å². The van der Waals surface area contributed by atoms with Crippen molar-refractivity contribution in [3.63, 3.8) is 0 Å². The summed E-state index contributed by atoms with van der Waals surface area (Å²) in [7, 11) is 0. The first-order chi connectivity index (χ1) is 18.0. The molecule has 2 amide bonds. The van der Waals surface area contributed by atoms with Crippen molar-refractivity contribution in [3.8, 4) is 5.75 Å². The molecule has 4 aromatic carbocycles. The van der Waals surface area contributed by atoms with Crippen LogP contribution >= 0.6 is 12.2 Å². The van der Waals surface area contributed by atoms with E-state index >= 15 is 0 Å². The van der Waals surface area contributed by atoms with Crippen molar-refractivity contribution in [2.24, 2.45) is 0 Å². The van der Waals surface area contributed by atoms with E-state index in [2.05, 4.69) is 0 Å². The van der Waals surface area contributed by atoms with E-state index in [1.54, 1.807) is 97.1 Å². The fourth-order valence-corrected chi connectivity index (χ4v) is 4.32. The molecule has 7 heteroatoms. The van der Waals surface area contributed by atoms with Crippen molar-refractivity contribution < 1.29 is 18.7 Å². The summed E-state index contributed by atoms with van der Waals surface area (Å²) in [5.74, 6) is -0.812. The van der Waals surface area contributed by atoms with Crippen molar-refractivity contribution in [2.75, 3.05) is 9.80 Å². The monoisotopic (exact) mass is 508 g/mol. The molecule has 0 saturated carbocycles. The van der Waals surface area contributed by atoms with Gasteiger partial charge in [-0.3, -0.25) is 19.4 Å². The third-order valence-corrected chi connectivity index (χ3v) is 6.19. The van der Waals surface area contributed by atoms with Crippen LogP contribution in [0.2, 0.25) is 0 Å². The molecule has 1 fully saturated rings. The lowest BCUT2D eigenvalue weighted by Gasteiger charge is -2.36. The predicted octanol–water partition coefficient (Wildman–Crippen LogP) is 6.15. The zero-order chi connectivity index (χ0) is 25.8. The van der Waals surface area contributed by atoms with E-state index < -0.39 is 11.8 Å². The van der Waals surface area contributed by atoms with Crippen LogP contribution in [0.3, 0.4) is 0 Å². The second-order valence-corrected chi connectivity index (χ2v) is 8.61. The standard InChI is InChI=1S/C30H21FN2O3S/c31-27-14-8-7-9-22(27)20-36-25-17-15-21(16-18-25)19-26-28(34)32(23-10-3-1-4-11-23)30(37)33(29(26)35)24-12-5-2-6-13-24/h1-19H,20H2. The average molecular weight is 509 g/mol. The van der Waals surface area contributed by atoms with Gasteiger partial charge in [-0.05, 0) is 66.3 Å². The zero-order valence-corrected chi connectivity index (χ0v) is 20.4. The number of carbonyl (C=O) groups is 2. The number of ether oxygens (including phenoxy) is 1. The van der Waals surface area contributed by atoms with Gasteiger partial charge in [-0.25, -0.2) is 4.39 Å². The molecule has 0 bridgehead atoms. The van der Waals surface area contributed by atoms with Crippen molar-refractivity contribution in [1.82, 2.24) is 0 Å². The van der Waals surface area contributed by atoms with Gasteiger partial charge in [-0.2, -0.15) is 0 Å². The highest BCUT2D eigenvalue weighted by molar-refractivity contribution is 7.81. The lowest BCUT2D eigenvalue weighted by Crippen LogP contribution is -2.56. The van der Waals surface area contributed by atoms with E-state index in [9.17, 15) is 14.0 Å². The maximum atomic E-state index is 13.9. The Bertz CT molecular complexity index is 1430. The van der Waals surface area contributed by atoms with E-state index in [1.807, 2.05) is 12.1 Å². The van der Waals surface area contributed by atoms with Crippen molar-refractivity contribution in [2.45, 2.75) is 6.61 Å². The van der Waals surface area contributed by atoms with E-state index in [1.165, 1.54) is 15.9 Å². The first-order valence-electron chi connectivity index (χ1n) is 11.5.